The highest BCUT2D eigenvalue weighted by Gasteiger charge is 2.29. The van der Waals surface area contributed by atoms with Crippen LogP contribution < -0.4 is 16.0 Å². The summed E-state index contributed by atoms with van der Waals surface area (Å²) in [7, 11) is 0. The Balaban J connectivity index is 1.86. The number of nitrogens with one attached hydrogen (secondary N) is 2. The standard InChI is InChI=1S/C12H16N5O2/c13-12(19)17-7-14-11(18)9-5-8(15-10(9)17)6-16-3-1-2-4-16/h5,7,15H,1-4,6H2,(H2,13,19)(H,14,18). The molecule has 1 aromatic rings. The molecule has 0 atom stereocenters. The third kappa shape index (κ3) is 2.17. The molecule has 1 aromatic heterocycles. The third-order valence-electron chi connectivity index (χ3n) is 3.49. The zero-order valence-electron chi connectivity index (χ0n) is 10.5. The summed E-state index contributed by atoms with van der Waals surface area (Å²) in [6.45, 7) is 4.18. The molecule has 0 aromatic carbocycles. The van der Waals surface area contributed by atoms with Gasteiger partial charge in [0.1, 0.15) is 5.82 Å². The van der Waals surface area contributed by atoms with E-state index in [1.54, 1.807) is 6.07 Å². The number of likely N-dealkylation sites (tertiary alicyclic amines) is 1. The van der Waals surface area contributed by atoms with Crippen molar-refractivity contribution in [3.63, 3.8) is 0 Å². The Bertz CT molecular complexity index is 518. The molecular weight excluding hydrogens is 246 g/mol. The molecule has 1 saturated heterocycles. The number of amides is 3. The second-order valence-electron chi connectivity index (χ2n) is 4.85. The normalized spacial score (nSPS) is 19.4. The van der Waals surface area contributed by atoms with Crippen LogP contribution >= 0.6 is 0 Å². The van der Waals surface area contributed by atoms with Crippen molar-refractivity contribution in [1.29, 1.82) is 0 Å². The van der Waals surface area contributed by atoms with Crippen LogP contribution in [0.4, 0.5) is 10.6 Å². The number of nitrogens with two attached hydrogens (primary N) is 1. The number of carbonyl (C=O) groups is 2. The Labute approximate surface area is 110 Å². The number of rotatable bonds is 2. The summed E-state index contributed by atoms with van der Waals surface area (Å²) in [6, 6.07) is 1.15. The van der Waals surface area contributed by atoms with E-state index in [1.165, 1.54) is 24.4 Å². The van der Waals surface area contributed by atoms with Crippen LogP contribution in [0.15, 0.2) is 6.07 Å². The van der Waals surface area contributed by atoms with Crippen molar-refractivity contribution in [1.82, 2.24) is 15.2 Å². The summed E-state index contributed by atoms with van der Waals surface area (Å²) in [5, 5.41) is 2.50. The molecule has 3 rings (SSSR count). The molecule has 7 nitrogen and oxygen atoms in total. The lowest BCUT2D eigenvalue weighted by molar-refractivity contribution is 0.0960. The molecule has 0 bridgehead atoms. The van der Waals surface area contributed by atoms with Gasteiger partial charge in [0, 0.05) is 12.2 Å². The van der Waals surface area contributed by atoms with Gasteiger partial charge in [-0.2, -0.15) is 0 Å². The molecule has 2 aliphatic heterocycles. The number of hydrogen-bond donors (Lipinski definition) is 3. The average Bonchev–Trinajstić information content (AvgIpc) is 2.99. The predicted octanol–water partition coefficient (Wildman–Crippen LogP) is 0.358. The first-order valence-corrected chi connectivity index (χ1v) is 6.32. The quantitative estimate of drug-likeness (QED) is 0.718. The SMILES string of the molecule is NC(=O)N1[CH]NC(=O)c2cc(CN3CCCC3)[nH]c21. The van der Waals surface area contributed by atoms with E-state index in [9.17, 15) is 9.59 Å². The van der Waals surface area contributed by atoms with E-state index in [0.29, 0.717) is 11.4 Å². The smallest absolute Gasteiger partial charge is 0.322 e. The zero-order chi connectivity index (χ0) is 13.4. The molecular formula is C12H16N5O2. The monoisotopic (exact) mass is 262 g/mol. The van der Waals surface area contributed by atoms with Gasteiger partial charge in [0.25, 0.3) is 5.91 Å². The molecule has 3 heterocycles. The van der Waals surface area contributed by atoms with E-state index in [-0.39, 0.29) is 5.91 Å². The Morgan fingerprint density at radius 1 is 1.37 bits per heavy atom. The fourth-order valence-corrected chi connectivity index (χ4v) is 2.57. The topological polar surface area (TPSA) is 94.5 Å². The second-order valence-corrected chi connectivity index (χ2v) is 4.85. The summed E-state index contributed by atoms with van der Waals surface area (Å²) < 4.78 is 0. The van der Waals surface area contributed by atoms with E-state index in [4.69, 9.17) is 5.73 Å². The Morgan fingerprint density at radius 2 is 2.11 bits per heavy atom. The van der Waals surface area contributed by atoms with Crippen LogP contribution in [-0.4, -0.2) is 34.9 Å². The van der Waals surface area contributed by atoms with Gasteiger partial charge in [-0.1, -0.05) is 0 Å². The lowest BCUT2D eigenvalue weighted by Crippen LogP contribution is -2.44. The number of nitrogens with zero attached hydrogens (tertiary/aromatic N) is 2. The summed E-state index contributed by atoms with van der Waals surface area (Å²) in [5.41, 5.74) is 6.65. The Hall–Kier alpha value is -2.02. The van der Waals surface area contributed by atoms with Gasteiger partial charge in [0.05, 0.1) is 5.56 Å². The van der Waals surface area contributed by atoms with Crippen LogP contribution in [0.25, 0.3) is 0 Å². The third-order valence-corrected chi connectivity index (χ3v) is 3.49. The van der Waals surface area contributed by atoms with E-state index in [2.05, 4.69) is 15.2 Å². The molecule has 0 saturated carbocycles. The largest absolute Gasteiger partial charge is 0.351 e. The minimum Gasteiger partial charge on any atom is -0.351 e. The van der Waals surface area contributed by atoms with Crippen molar-refractivity contribution >= 4 is 17.8 Å². The number of aromatic amines is 1. The number of aromatic nitrogens is 1. The van der Waals surface area contributed by atoms with Gasteiger partial charge < -0.3 is 16.0 Å². The summed E-state index contributed by atoms with van der Waals surface area (Å²) in [6.07, 6.45) is 2.42. The van der Waals surface area contributed by atoms with Gasteiger partial charge >= 0.3 is 6.03 Å². The molecule has 19 heavy (non-hydrogen) atoms. The molecule has 0 aliphatic carbocycles. The molecule has 0 unspecified atom stereocenters. The van der Waals surface area contributed by atoms with E-state index >= 15 is 0 Å². The first kappa shape index (κ1) is 12.0. The number of anilines is 1. The van der Waals surface area contributed by atoms with Crippen molar-refractivity contribution in [3.8, 4) is 0 Å². The highest BCUT2D eigenvalue weighted by Crippen LogP contribution is 2.26. The van der Waals surface area contributed by atoms with Crippen LogP contribution in [0, 0.1) is 6.67 Å². The first-order valence-electron chi connectivity index (χ1n) is 6.32. The van der Waals surface area contributed by atoms with Gasteiger partial charge in [-0.05, 0) is 32.0 Å². The van der Waals surface area contributed by atoms with Gasteiger partial charge in [-0.3, -0.25) is 14.6 Å². The molecule has 1 radical (unpaired) electrons. The van der Waals surface area contributed by atoms with Gasteiger partial charge in [0.15, 0.2) is 6.67 Å². The molecule has 4 N–H and O–H groups in total. The molecule has 101 valence electrons. The zero-order valence-corrected chi connectivity index (χ0v) is 10.5. The van der Waals surface area contributed by atoms with Gasteiger partial charge in [0.2, 0.25) is 0 Å². The van der Waals surface area contributed by atoms with Crippen molar-refractivity contribution in [2.45, 2.75) is 19.4 Å². The average molecular weight is 262 g/mol. The molecule has 2 aliphatic rings. The van der Waals surface area contributed by atoms with Crippen molar-refractivity contribution in [2.24, 2.45) is 5.73 Å². The van der Waals surface area contributed by atoms with E-state index in [0.717, 1.165) is 25.3 Å². The fourth-order valence-electron chi connectivity index (χ4n) is 2.57. The lowest BCUT2D eigenvalue weighted by Gasteiger charge is -2.24. The lowest BCUT2D eigenvalue weighted by atomic mass is 10.2. The minimum absolute atomic E-state index is 0.226. The number of primary amides is 1. The summed E-state index contributed by atoms with van der Waals surface area (Å²) >= 11 is 0. The molecule has 0 spiro atoms. The minimum atomic E-state index is -0.629. The van der Waals surface area contributed by atoms with E-state index in [1.807, 2.05) is 0 Å². The maximum absolute atomic E-state index is 11.7. The fraction of sp³-hybridized carbons (Fsp3) is 0.417. The Morgan fingerprint density at radius 3 is 2.79 bits per heavy atom. The van der Waals surface area contributed by atoms with Crippen molar-refractivity contribution < 1.29 is 9.59 Å². The molecule has 7 heteroatoms. The number of hydrogen-bond acceptors (Lipinski definition) is 3. The highest BCUT2D eigenvalue weighted by molar-refractivity contribution is 6.07. The predicted molar refractivity (Wildman–Crippen MR) is 69.1 cm³/mol. The van der Waals surface area contributed by atoms with Crippen LogP contribution in [0.2, 0.25) is 0 Å². The number of fused-ring (bicyclic) bond motifs is 1. The van der Waals surface area contributed by atoms with Gasteiger partial charge in [-0.25, -0.2) is 4.79 Å². The maximum atomic E-state index is 11.7. The summed E-state index contributed by atoms with van der Waals surface area (Å²) in [4.78, 5) is 29.7. The highest BCUT2D eigenvalue weighted by atomic mass is 16.2. The Kier molecular flexibility index (Phi) is 2.90. The van der Waals surface area contributed by atoms with Crippen LogP contribution in [0.5, 0.6) is 0 Å². The summed E-state index contributed by atoms with van der Waals surface area (Å²) in [5.74, 6) is 0.224. The van der Waals surface area contributed by atoms with Crippen molar-refractivity contribution in [2.75, 3.05) is 18.0 Å². The second kappa shape index (κ2) is 4.58. The first-order chi connectivity index (χ1) is 9.15. The van der Waals surface area contributed by atoms with E-state index < -0.39 is 6.03 Å². The van der Waals surface area contributed by atoms with Gasteiger partial charge in [-0.15, -0.1) is 0 Å². The molecule has 1 fully saturated rings. The van der Waals surface area contributed by atoms with Crippen molar-refractivity contribution in [3.05, 3.63) is 24.0 Å². The van der Waals surface area contributed by atoms with Crippen LogP contribution in [0.3, 0.4) is 0 Å². The van der Waals surface area contributed by atoms with Crippen LogP contribution in [0.1, 0.15) is 28.9 Å². The number of urea groups is 1. The molecule has 3 amide bonds. The number of carbonyl (C=O) groups excluding carboxylic acids is 2. The van der Waals surface area contributed by atoms with Crippen LogP contribution in [-0.2, 0) is 6.54 Å². The number of H-pyrrole nitrogens is 1. The maximum Gasteiger partial charge on any atom is 0.322 e.